The molecule has 84 valence electrons. The minimum atomic E-state index is -1.19. The standard InChI is InChI=1S/C8H10N2O4S.K.H/c9-4-6(12)10-5(8(13)14)3(1-11)2-15-7(4)10;;/h4,7,11H,1-2,9H2,(H,13,14);;/q;+1;-1/t4?,7-;;/m1../s1. The largest absolute Gasteiger partial charge is 1.00 e. The molecule has 0 aromatic rings. The molecule has 0 radical (unpaired) electrons. The predicted octanol–water partition coefficient (Wildman–Crippen LogP) is -4.32. The van der Waals surface area contributed by atoms with Gasteiger partial charge in [-0.1, -0.05) is 0 Å². The third kappa shape index (κ3) is 2.13. The monoisotopic (exact) mass is 270 g/mol. The fraction of sp³-hybridized carbons (Fsp3) is 0.500. The number of aliphatic hydroxyl groups excluding tert-OH is 1. The van der Waals surface area contributed by atoms with Gasteiger partial charge in [0.25, 0.3) is 0 Å². The Balaban J connectivity index is 0.00000128. The van der Waals surface area contributed by atoms with Crippen LogP contribution in [0.3, 0.4) is 0 Å². The van der Waals surface area contributed by atoms with Gasteiger partial charge in [0.05, 0.1) is 6.61 Å². The van der Waals surface area contributed by atoms with Crippen molar-refractivity contribution in [1.82, 2.24) is 4.90 Å². The third-order valence-electron chi connectivity index (χ3n) is 2.48. The van der Waals surface area contributed by atoms with Crippen molar-refractivity contribution in [1.29, 1.82) is 0 Å². The average molecular weight is 270 g/mol. The Morgan fingerprint density at radius 2 is 2.31 bits per heavy atom. The SMILES string of the molecule is NC1C(=O)N2C(C(=O)O)=C(CO)CS[C@H]12.[H-].[K+]. The fourth-order valence-electron chi connectivity index (χ4n) is 1.70. The van der Waals surface area contributed by atoms with Gasteiger partial charge in [-0.3, -0.25) is 9.69 Å². The minimum absolute atomic E-state index is 0. The van der Waals surface area contributed by atoms with E-state index in [0.717, 1.165) is 4.90 Å². The molecule has 8 heteroatoms. The summed E-state index contributed by atoms with van der Waals surface area (Å²) in [5.41, 5.74) is 5.80. The van der Waals surface area contributed by atoms with Crippen molar-refractivity contribution in [3.8, 4) is 0 Å². The molecule has 2 atom stereocenters. The predicted molar refractivity (Wildman–Crippen MR) is 53.9 cm³/mol. The number of aliphatic carboxylic acids is 1. The van der Waals surface area contributed by atoms with Crippen molar-refractivity contribution in [2.45, 2.75) is 11.4 Å². The van der Waals surface area contributed by atoms with Crippen molar-refractivity contribution in [2.75, 3.05) is 12.4 Å². The Hall–Kier alpha value is 0.586. The van der Waals surface area contributed by atoms with E-state index in [9.17, 15) is 9.59 Å². The van der Waals surface area contributed by atoms with Crippen LogP contribution in [0.15, 0.2) is 11.3 Å². The summed E-state index contributed by atoms with van der Waals surface area (Å²) in [6, 6.07) is -0.621. The molecule has 2 aliphatic rings. The first-order chi connectivity index (χ1) is 7.07. The van der Waals surface area contributed by atoms with Crippen LogP contribution in [-0.4, -0.2) is 50.8 Å². The van der Waals surface area contributed by atoms with Gasteiger partial charge < -0.3 is 17.4 Å². The van der Waals surface area contributed by atoms with Crippen LogP contribution in [0.25, 0.3) is 0 Å². The molecule has 1 unspecified atom stereocenters. The molecule has 4 N–H and O–H groups in total. The van der Waals surface area contributed by atoms with Gasteiger partial charge in [0.1, 0.15) is 17.1 Å². The van der Waals surface area contributed by atoms with Crippen LogP contribution in [0.4, 0.5) is 0 Å². The Morgan fingerprint density at radius 1 is 1.69 bits per heavy atom. The number of carboxylic acids is 1. The number of hydrogen-bond donors (Lipinski definition) is 3. The summed E-state index contributed by atoms with van der Waals surface area (Å²) >= 11 is 1.38. The van der Waals surface area contributed by atoms with Gasteiger partial charge in [-0.2, -0.15) is 0 Å². The van der Waals surface area contributed by atoms with Crippen molar-refractivity contribution < 1.29 is 72.6 Å². The molecule has 0 spiro atoms. The van der Waals surface area contributed by atoms with Gasteiger partial charge in [-0.05, 0) is 5.57 Å². The number of carbonyl (C=O) groups excluding carboxylic acids is 1. The van der Waals surface area contributed by atoms with Crippen LogP contribution >= 0.6 is 11.8 Å². The molecular formula is C8H11KN2O4S. The van der Waals surface area contributed by atoms with Crippen molar-refractivity contribution in [3.63, 3.8) is 0 Å². The summed E-state index contributed by atoms with van der Waals surface area (Å²) in [6.07, 6.45) is 0. The maximum absolute atomic E-state index is 11.4. The maximum Gasteiger partial charge on any atom is 1.00 e. The first kappa shape index (κ1) is 14.6. The summed E-state index contributed by atoms with van der Waals surface area (Å²) in [6.45, 7) is -0.347. The smallest absolute Gasteiger partial charge is 1.00 e. The Kier molecular flexibility index (Phi) is 5.02. The molecule has 16 heavy (non-hydrogen) atoms. The van der Waals surface area contributed by atoms with E-state index < -0.39 is 17.9 Å². The number of fused-ring (bicyclic) bond motifs is 1. The van der Waals surface area contributed by atoms with Crippen LogP contribution in [-0.2, 0) is 9.59 Å². The summed E-state index contributed by atoms with van der Waals surface area (Å²) in [7, 11) is 0. The molecule has 1 amide bonds. The maximum atomic E-state index is 11.4. The first-order valence-electron chi connectivity index (χ1n) is 4.34. The van der Waals surface area contributed by atoms with Crippen molar-refractivity contribution >= 4 is 23.6 Å². The molecule has 0 bridgehead atoms. The number of carboxylic acid groups (broad SMARTS) is 1. The van der Waals surface area contributed by atoms with Gasteiger partial charge in [0.2, 0.25) is 5.91 Å². The number of rotatable bonds is 2. The average Bonchev–Trinajstić information content (AvgIpc) is 2.25. The van der Waals surface area contributed by atoms with E-state index in [1.54, 1.807) is 0 Å². The topological polar surface area (TPSA) is 104 Å². The minimum Gasteiger partial charge on any atom is -1.00 e. The van der Waals surface area contributed by atoms with E-state index in [4.69, 9.17) is 15.9 Å². The Labute approximate surface area is 140 Å². The van der Waals surface area contributed by atoms with Crippen LogP contribution in [0.2, 0.25) is 0 Å². The van der Waals surface area contributed by atoms with E-state index in [1.165, 1.54) is 11.8 Å². The van der Waals surface area contributed by atoms with E-state index >= 15 is 0 Å². The molecular weight excluding hydrogens is 259 g/mol. The number of β-lactam (4-membered cyclic amide) rings is 1. The van der Waals surface area contributed by atoms with Gasteiger partial charge in [0, 0.05) is 5.75 Å². The summed E-state index contributed by atoms with van der Waals surface area (Å²) in [5, 5.41) is 17.6. The van der Waals surface area contributed by atoms with E-state index in [-0.39, 0.29) is 70.5 Å². The molecule has 1 fully saturated rings. The number of hydrogen-bond acceptors (Lipinski definition) is 5. The zero-order valence-corrected chi connectivity index (χ0v) is 12.7. The fourth-order valence-corrected chi connectivity index (χ4v) is 2.98. The molecule has 0 aliphatic carbocycles. The molecule has 0 saturated carbocycles. The van der Waals surface area contributed by atoms with Gasteiger partial charge in [0.15, 0.2) is 0 Å². The van der Waals surface area contributed by atoms with Crippen molar-refractivity contribution in [2.24, 2.45) is 5.73 Å². The molecule has 0 aromatic carbocycles. The second-order valence-corrected chi connectivity index (χ2v) is 4.46. The second-order valence-electron chi connectivity index (χ2n) is 3.35. The Bertz CT molecular complexity index is 379. The van der Waals surface area contributed by atoms with E-state index in [0.29, 0.717) is 11.3 Å². The van der Waals surface area contributed by atoms with Crippen LogP contribution in [0.1, 0.15) is 1.43 Å². The van der Waals surface area contributed by atoms with Gasteiger partial charge in [-0.15, -0.1) is 11.8 Å². The normalized spacial score (nSPS) is 28.1. The molecule has 2 aliphatic heterocycles. The number of carbonyl (C=O) groups is 2. The summed E-state index contributed by atoms with van der Waals surface area (Å²) in [4.78, 5) is 23.5. The molecule has 6 nitrogen and oxygen atoms in total. The third-order valence-corrected chi connectivity index (χ3v) is 3.84. The van der Waals surface area contributed by atoms with Gasteiger partial charge in [-0.25, -0.2) is 4.79 Å². The summed E-state index contributed by atoms with van der Waals surface area (Å²) < 4.78 is 0. The molecule has 2 heterocycles. The second kappa shape index (κ2) is 5.49. The first-order valence-corrected chi connectivity index (χ1v) is 5.39. The van der Waals surface area contributed by atoms with Gasteiger partial charge >= 0.3 is 57.4 Å². The zero-order valence-electron chi connectivity index (χ0n) is 9.71. The zero-order chi connectivity index (χ0) is 11.2. The number of thioether (sulfide) groups is 1. The van der Waals surface area contributed by atoms with E-state index in [1.807, 2.05) is 0 Å². The summed E-state index contributed by atoms with van der Waals surface area (Å²) in [5.74, 6) is -1.18. The Morgan fingerprint density at radius 3 is 2.81 bits per heavy atom. The van der Waals surface area contributed by atoms with Crippen LogP contribution in [0.5, 0.6) is 0 Å². The quantitative estimate of drug-likeness (QED) is 0.346. The van der Waals surface area contributed by atoms with E-state index in [2.05, 4.69) is 0 Å². The number of nitrogens with zero attached hydrogens (tertiary/aromatic N) is 1. The molecule has 1 saturated heterocycles. The number of amides is 1. The number of aliphatic hydroxyl groups is 1. The molecule has 0 aromatic heterocycles. The van der Waals surface area contributed by atoms with Crippen molar-refractivity contribution in [3.05, 3.63) is 11.3 Å². The van der Waals surface area contributed by atoms with Crippen LogP contribution in [0, 0.1) is 0 Å². The number of nitrogens with two attached hydrogens (primary N) is 1. The molecule has 2 rings (SSSR count). The van der Waals surface area contributed by atoms with Crippen LogP contribution < -0.4 is 57.1 Å².